The predicted octanol–water partition coefficient (Wildman–Crippen LogP) is 5.80. The van der Waals surface area contributed by atoms with E-state index in [2.05, 4.69) is 60.6 Å². The molecule has 4 heteroatoms. The van der Waals surface area contributed by atoms with Crippen LogP contribution in [0.1, 0.15) is 35.6 Å². The lowest BCUT2D eigenvalue weighted by Gasteiger charge is -2.17. The van der Waals surface area contributed by atoms with Crippen molar-refractivity contribution in [2.24, 2.45) is 0 Å². The number of benzene rings is 2. The van der Waals surface area contributed by atoms with Gasteiger partial charge in [0, 0.05) is 18.5 Å². The van der Waals surface area contributed by atoms with Crippen LogP contribution in [0.15, 0.2) is 91.3 Å². The molecule has 4 aromatic rings. The number of aliphatic carboxylic acids is 1. The van der Waals surface area contributed by atoms with Crippen LogP contribution in [0.4, 0.5) is 0 Å². The van der Waals surface area contributed by atoms with Gasteiger partial charge >= 0.3 is 5.97 Å². The Kier molecular flexibility index (Phi) is 5.57. The highest BCUT2D eigenvalue weighted by molar-refractivity contribution is 5.99. The Morgan fingerprint density at radius 2 is 1.73 bits per heavy atom. The van der Waals surface area contributed by atoms with E-state index in [9.17, 15) is 4.79 Å². The largest absolute Gasteiger partial charge is 0.478 e. The first-order valence-corrected chi connectivity index (χ1v) is 9.89. The van der Waals surface area contributed by atoms with Gasteiger partial charge in [-0.3, -0.25) is 0 Å². The molecule has 1 N–H and O–H groups in total. The third kappa shape index (κ3) is 4.08. The van der Waals surface area contributed by atoms with Gasteiger partial charge in [-0.05, 0) is 64.1 Å². The van der Waals surface area contributed by atoms with Crippen molar-refractivity contribution in [2.75, 3.05) is 0 Å². The van der Waals surface area contributed by atoms with E-state index in [1.54, 1.807) is 12.3 Å². The molecule has 0 aliphatic rings. The summed E-state index contributed by atoms with van der Waals surface area (Å²) in [6.07, 6.45) is 7.41. The lowest BCUT2D eigenvalue weighted by molar-refractivity contribution is -0.131. The molecule has 2 aromatic carbocycles. The molecule has 30 heavy (non-hydrogen) atoms. The smallest absolute Gasteiger partial charge is 0.328 e. The van der Waals surface area contributed by atoms with Crippen LogP contribution in [0.25, 0.3) is 22.7 Å². The molecule has 0 aliphatic carbocycles. The van der Waals surface area contributed by atoms with Crippen molar-refractivity contribution in [3.05, 3.63) is 114 Å². The Bertz CT molecular complexity index is 1230. The molecule has 2 aromatic heterocycles. The van der Waals surface area contributed by atoms with Crippen molar-refractivity contribution < 1.29 is 9.90 Å². The minimum absolute atomic E-state index is 0.851. The summed E-state index contributed by atoms with van der Waals surface area (Å²) in [5.74, 6) is -0.953. The SMILES string of the molecule is CC/C(=C(/c1ccc(/C=C/C(=O)O)cc1)c1ccn2nccc2c1)c1ccccc1. The maximum absolute atomic E-state index is 10.8. The van der Waals surface area contributed by atoms with Gasteiger partial charge in [-0.25, -0.2) is 9.31 Å². The van der Waals surface area contributed by atoms with Gasteiger partial charge in [-0.2, -0.15) is 5.10 Å². The zero-order chi connectivity index (χ0) is 20.9. The zero-order valence-electron chi connectivity index (χ0n) is 16.7. The van der Waals surface area contributed by atoms with Crippen LogP contribution in [-0.2, 0) is 4.79 Å². The molecule has 0 unspecified atom stereocenters. The van der Waals surface area contributed by atoms with Crippen molar-refractivity contribution >= 4 is 28.7 Å². The lowest BCUT2D eigenvalue weighted by Crippen LogP contribution is -1.97. The first-order valence-electron chi connectivity index (χ1n) is 9.89. The van der Waals surface area contributed by atoms with Crippen molar-refractivity contribution in [1.82, 2.24) is 9.61 Å². The standard InChI is InChI=1S/C26H22N2O2/c1-2-24(20-6-4-3-5-7-20)26(22-15-17-28-23(18-22)14-16-27-28)21-11-8-19(9-12-21)10-13-25(29)30/h3-18H,2H2,1H3,(H,29,30)/b13-10+,26-24+. The van der Waals surface area contributed by atoms with Crippen molar-refractivity contribution in [3.8, 4) is 0 Å². The molecule has 0 fully saturated rings. The van der Waals surface area contributed by atoms with Gasteiger partial charge in [-0.1, -0.05) is 61.5 Å². The van der Waals surface area contributed by atoms with Crippen LogP contribution >= 0.6 is 0 Å². The third-order valence-corrected chi connectivity index (χ3v) is 5.08. The summed E-state index contributed by atoms with van der Waals surface area (Å²) in [5.41, 5.74) is 7.72. The highest BCUT2D eigenvalue weighted by atomic mass is 16.4. The Hall–Kier alpha value is -3.92. The number of hydrogen-bond acceptors (Lipinski definition) is 2. The molecule has 0 saturated heterocycles. The quantitative estimate of drug-likeness (QED) is 0.332. The fourth-order valence-corrected chi connectivity index (χ4v) is 3.69. The molecule has 4 rings (SSSR count). The molecule has 0 bridgehead atoms. The number of carboxylic acids is 1. The van der Waals surface area contributed by atoms with E-state index in [-0.39, 0.29) is 0 Å². The zero-order valence-corrected chi connectivity index (χ0v) is 16.7. The Morgan fingerprint density at radius 1 is 0.967 bits per heavy atom. The molecule has 0 saturated carbocycles. The second-order valence-corrected chi connectivity index (χ2v) is 6.98. The second kappa shape index (κ2) is 8.62. The lowest BCUT2D eigenvalue weighted by atomic mass is 9.88. The van der Waals surface area contributed by atoms with Crippen LogP contribution in [0.3, 0.4) is 0 Å². The molecule has 4 nitrogen and oxygen atoms in total. The monoisotopic (exact) mass is 394 g/mol. The molecule has 0 radical (unpaired) electrons. The number of carbonyl (C=O) groups is 1. The number of aromatic nitrogens is 2. The van der Waals surface area contributed by atoms with E-state index >= 15 is 0 Å². The normalized spacial score (nSPS) is 12.3. The molecule has 0 atom stereocenters. The number of hydrogen-bond donors (Lipinski definition) is 1. The fraction of sp³-hybridized carbons (Fsp3) is 0.0769. The minimum atomic E-state index is -0.953. The van der Waals surface area contributed by atoms with E-state index in [1.165, 1.54) is 16.7 Å². The summed E-state index contributed by atoms with van der Waals surface area (Å²) in [6.45, 7) is 2.17. The summed E-state index contributed by atoms with van der Waals surface area (Å²) >= 11 is 0. The fourth-order valence-electron chi connectivity index (χ4n) is 3.69. The number of nitrogens with zero attached hydrogens (tertiary/aromatic N) is 2. The van der Waals surface area contributed by atoms with Crippen molar-refractivity contribution in [1.29, 1.82) is 0 Å². The van der Waals surface area contributed by atoms with Gasteiger partial charge in [0.25, 0.3) is 0 Å². The molecule has 2 heterocycles. The van der Waals surface area contributed by atoms with Gasteiger partial charge < -0.3 is 5.11 Å². The van der Waals surface area contributed by atoms with Gasteiger partial charge in [-0.15, -0.1) is 0 Å². The number of allylic oxidation sites excluding steroid dienone is 1. The topological polar surface area (TPSA) is 54.6 Å². The van der Waals surface area contributed by atoms with Gasteiger partial charge in [0.05, 0.1) is 5.52 Å². The van der Waals surface area contributed by atoms with E-state index in [1.807, 2.05) is 35.0 Å². The van der Waals surface area contributed by atoms with Gasteiger partial charge in [0.1, 0.15) is 0 Å². The Labute approximate surface area is 175 Å². The van der Waals surface area contributed by atoms with Crippen LogP contribution in [0.2, 0.25) is 0 Å². The molecule has 0 amide bonds. The molecular weight excluding hydrogens is 372 g/mol. The number of rotatable bonds is 6. The average molecular weight is 394 g/mol. The van der Waals surface area contributed by atoms with Crippen LogP contribution in [0, 0.1) is 0 Å². The number of fused-ring (bicyclic) bond motifs is 1. The van der Waals surface area contributed by atoms with Crippen LogP contribution in [-0.4, -0.2) is 20.7 Å². The molecular formula is C26H22N2O2. The number of carboxylic acid groups (broad SMARTS) is 1. The predicted molar refractivity (Wildman–Crippen MR) is 121 cm³/mol. The Balaban J connectivity index is 1.89. The molecule has 148 valence electrons. The summed E-state index contributed by atoms with van der Waals surface area (Å²) in [5, 5.41) is 13.2. The van der Waals surface area contributed by atoms with Crippen molar-refractivity contribution in [2.45, 2.75) is 13.3 Å². The van der Waals surface area contributed by atoms with E-state index in [0.29, 0.717) is 0 Å². The second-order valence-electron chi connectivity index (χ2n) is 6.98. The molecule has 0 spiro atoms. The Morgan fingerprint density at radius 3 is 2.43 bits per heavy atom. The number of pyridine rings is 1. The van der Waals surface area contributed by atoms with E-state index < -0.39 is 5.97 Å². The van der Waals surface area contributed by atoms with Gasteiger partial charge in [0.2, 0.25) is 0 Å². The highest BCUT2D eigenvalue weighted by Crippen LogP contribution is 2.34. The average Bonchev–Trinajstić information content (AvgIpc) is 3.25. The van der Waals surface area contributed by atoms with Crippen molar-refractivity contribution in [3.63, 3.8) is 0 Å². The van der Waals surface area contributed by atoms with E-state index in [4.69, 9.17) is 5.11 Å². The molecule has 0 aliphatic heterocycles. The summed E-state index contributed by atoms with van der Waals surface area (Å²) in [7, 11) is 0. The maximum Gasteiger partial charge on any atom is 0.328 e. The first-order chi connectivity index (χ1) is 14.7. The minimum Gasteiger partial charge on any atom is -0.478 e. The van der Waals surface area contributed by atoms with Gasteiger partial charge in [0.15, 0.2) is 0 Å². The maximum atomic E-state index is 10.8. The van der Waals surface area contributed by atoms with Crippen LogP contribution < -0.4 is 0 Å². The highest BCUT2D eigenvalue weighted by Gasteiger charge is 2.13. The summed E-state index contributed by atoms with van der Waals surface area (Å²) in [6, 6.07) is 24.7. The first kappa shape index (κ1) is 19.4. The van der Waals surface area contributed by atoms with E-state index in [0.717, 1.165) is 34.7 Å². The summed E-state index contributed by atoms with van der Waals surface area (Å²) in [4.78, 5) is 10.8. The van der Waals surface area contributed by atoms with Crippen LogP contribution in [0.5, 0.6) is 0 Å². The summed E-state index contributed by atoms with van der Waals surface area (Å²) < 4.78 is 1.86. The third-order valence-electron chi connectivity index (χ3n) is 5.08.